The molecule has 7 nitrogen and oxygen atoms in total. The number of aryl methyl sites for hydroxylation is 1. The molecule has 0 aliphatic carbocycles. The number of anilines is 1. The Morgan fingerprint density at radius 1 is 1.32 bits per heavy atom. The van der Waals surface area contributed by atoms with Crippen LogP contribution in [0, 0.1) is 24.2 Å². The molecule has 0 saturated carbocycles. The molecule has 2 N–H and O–H groups in total. The molecule has 0 fully saturated rings. The van der Waals surface area contributed by atoms with E-state index in [1.807, 2.05) is 39.0 Å². The molecule has 3 rings (SSSR count). The van der Waals surface area contributed by atoms with Gasteiger partial charge in [0.1, 0.15) is 11.6 Å². The molecule has 0 atom stereocenters. The van der Waals surface area contributed by atoms with Crippen molar-refractivity contribution in [3.8, 4) is 17.7 Å². The van der Waals surface area contributed by atoms with E-state index in [0.29, 0.717) is 16.9 Å². The van der Waals surface area contributed by atoms with Crippen molar-refractivity contribution in [3.63, 3.8) is 0 Å². The van der Waals surface area contributed by atoms with Gasteiger partial charge in [-0.15, -0.1) is 0 Å². The van der Waals surface area contributed by atoms with Crippen LogP contribution in [0.2, 0.25) is 0 Å². The summed E-state index contributed by atoms with van der Waals surface area (Å²) in [6.45, 7) is 5.76. The minimum absolute atomic E-state index is 0.0353. The van der Waals surface area contributed by atoms with Crippen LogP contribution in [0.1, 0.15) is 42.0 Å². The van der Waals surface area contributed by atoms with Crippen LogP contribution < -0.4 is 16.2 Å². The summed E-state index contributed by atoms with van der Waals surface area (Å²) in [5, 5.41) is 8.80. The number of halogens is 1. The Morgan fingerprint density at radius 3 is 2.77 bits per heavy atom. The highest BCUT2D eigenvalue weighted by Crippen LogP contribution is 2.34. The number of benzene rings is 1. The molecule has 2 aromatic heterocycles. The molecule has 0 bridgehead atoms. The van der Waals surface area contributed by atoms with Crippen molar-refractivity contribution in [1.29, 1.82) is 5.26 Å². The Hall–Kier alpha value is -3.99. The molecule has 158 valence electrons. The first-order chi connectivity index (χ1) is 14.8. The SMILES string of the molecule is Cc1cc(C=CC#N)cc(Oc2c(C(C)C)c(N)nc(=O)n2Cc2ccnc(F)c2)c1. The van der Waals surface area contributed by atoms with Crippen LogP contribution in [0.5, 0.6) is 11.6 Å². The summed E-state index contributed by atoms with van der Waals surface area (Å²) < 4.78 is 21.1. The van der Waals surface area contributed by atoms with E-state index in [9.17, 15) is 9.18 Å². The number of hydrogen-bond acceptors (Lipinski definition) is 6. The summed E-state index contributed by atoms with van der Waals surface area (Å²) in [6, 6.07) is 10.3. The maximum Gasteiger partial charge on any atom is 0.352 e. The maximum atomic E-state index is 13.6. The number of nitrogen functional groups attached to an aromatic ring is 1. The number of ether oxygens (including phenoxy) is 1. The molecular weight excluding hydrogens is 397 g/mol. The number of allylic oxidation sites excluding steroid dienone is 1. The second-order valence-electron chi connectivity index (χ2n) is 7.37. The molecule has 0 saturated heterocycles. The van der Waals surface area contributed by atoms with Gasteiger partial charge in [-0.2, -0.15) is 14.6 Å². The Morgan fingerprint density at radius 2 is 2.10 bits per heavy atom. The number of nitrogens with two attached hydrogens (primary N) is 1. The lowest BCUT2D eigenvalue weighted by Gasteiger charge is -2.20. The molecule has 0 spiro atoms. The summed E-state index contributed by atoms with van der Waals surface area (Å²) >= 11 is 0. The van der Waals surface area contributed by atoms with Gasteiger partial charge in [-0.25, -0.2) is 9.78 Å². The zero-order chi connectivity index (χ0) is 22.5. The lowest BCUT2D eigenvalue weighted by molar-refractivity contribution is 0.413. The highest BCUT2D eigenvalue weighted by atomic mass is 19.1. The first-order valence-electron chi connectivity index (χ1n) is 9.65. The Labute approximate surface area is 179 Å². The fraction of sp³-hybridized carbons (Fsp3) is 0.217. The Bertz CT molecular complexity index is 1240. The monoisotopic (exact) mass is 419 g/mol. The van der Waals surface area contributed by atoms with E-state index in [4.69, 9.17) is 15.7 Å². The van der Waals surface area contributed by atoms with Gasteiger partial charge in [0.25, 0.3) is 0 Å². The molecule has 2 heterocycles. The van der Waals surface area contributed by atoms with Crippen LogP contribution in [-0.2, 0) is 6.54 Å². The Balaban J connectivity index is 2.16. The zero-order valence-electron chi connectivity index (χ0n) is 17.5. The number of rotatable bonds is 6. The quantitative estimate of drug-likeness (QED) is 0.475. The summed E-state index contributed by atoms with van der Waals surface area (Å²) in [6.07, 6.45) is 4.37. The minimum atomic E-state index is -0.645. The van der Waals surface area contributed by atoms with Crippen molar-refractivity contribution in [3.05, 3.63) is 81.3 Å². The van der Waals surface area contributed by atoms with Gasteiger partial charge < -0.3 is 10.5 Å². The summed E-state index contributed by atoms with van der Waals surface area (Å²) in [7, 11) is 0. The van der Waals surface area contributed by atoms with E-state index in [1.165, 1.54) is 22.9 Å². The molecule has 0 aliphatic heterocycles. The topological polar surface area (TPSA) is 107 Å². The van der Waals surface area contributed by atoms with Crippen LogP contribution in [0.15, 0.2) is 47.4 Å². The average Bonchev–Trinajstić information content (AvgIpc) is 2.68. The summed E-state index contributed by atoms with van der Waals surface area (Å²) in [5.41, 5.74) is 8.25. The lowest BCUT2D eigenvalue weighted by Crippen LogP contribution is -2.28. The van der Waals surface area contributed by atoms with E-state index in [2.05, 4.69) is 9.97 Å². The van der Waals surface area contributed by atoms with Crippen molar-refractivity contribution in [1.82, 2.24) is 14.5 Å². The van der Waals surface area contributed by atoms with Crippen molar-refractivity contribution >= 4 is 11.9 Å². The van der Waals surface area contributed by atoms with Gasteiger partial charge >= 0.3 is 5.69 Å². The molecule has 0 aliphatic rings. The predicted molar refractivity (Wildman–Crippen MR) is 116 cm³/mol. The van der Waals surface area contributed by atoms with Gasteiger partial charge in [-0.1, -0.05) is 19.9 Å². The molecular formula is C23H22FN5O2. The van der Waals surface area contributed by atoms with E-state index in [0.717, 1.165) is 11.1 Å². The normalized spacial score (nSPS) is 11.1. The van der Waals surface area contributed by atoms with Crippen molar-refractivity contribution < 1.29 is 9.13 Å². The van der Waals surface area contributed by atoms with Crippen molar-refractivity contribution in [2.75, 3.05) is 5.73 Å². The average molecular weight is 419 g/mol. The summed E-state index contributed by atoms with van der Waals surface area (Å²) in [4.78, 5) is 20.2. The van der Waals surface area contributed by atoms with Crippen molar-refractivity contribution in [2.45, 2.75) is 33.2 Å². The molecule has 0 unspecified atom stereocenters. The number of pyridine rings is 1. The zero-order valence-corrected chi connectivity index (χ0v) is 17.5. The van der Waals surface area contributed by atoms with Gasteiger partial charge in [0.15, 0.2) is 0 Å². The summed E-state index contributed by atoms with van der Waals surface area (Å²) in [5.74, 6) is 0.0634. The largest absolute Gasteiger partial charge is 0.440 e. The maximum absolute atomic E-state index is 13.6. The van der Waals surface area contributed by atoms with Crippen LogP contribution in [0.4, 0.5) is 10.2 Å². The number of nitrogens with zero attached hydrogens (tertiary/aromatic N) is 4. The van der Waals surface area contributed by atoms with E-state index >= 15 is 0 Å². The van der Waals surface area contributed by atoms with Gasteiger partial charge in [0.05, 0.1) is 18.2 Å². The fourth-order valence-electron chi connectivity index (χ4n) is 3.26. The molecule has 31 heavy (non-hydrogen) atoms. The van der Waals surface area contributed by atoms with Crippen LogP contribution >= 0.6 is 0 Å². The minimum Gasteiger partial charge on any atom is -0.440 e. The predicted octanol–water partition coefficient (Wildman–Crippen LogP) is 4.17. The first-order valence-corrected chi connectivity index (χ1v) is 9.65. The van der Waals surface area contributed by atoms with E-state index < -0.39 is 11.6 Å². The molecule has 3 aromatic rings. The third-order valence-electron chi connectivity index (χ3n) is 4.55. The molecule has 0 radical (unpaired) electrons. The van der Waals surface area contributed by atoms with E-state index in [1.54, 1.807) is 18.2 Å². The third kappa shape index (κ3) is 5.14. The highest BCUT2D eigenvalue weighted by molar-refractivity contribution is 5.56. The second kappa shape index (κ2) is 9.22. The molecule has 8 heteroatoms. The van der Waals surface area contributed by atoms with Gasteiger partial charge in [0, 0.05) is 12.3 Å². The highest BCUT2D eigenvalue weighted by Gasteiger charge is 2.21. The second-order valence-corrected chi connectivity index (χ2v) is 7.37. The number of aromatic nitrogens is 3. The smallest absolute Gasteiger partial charge is 0.352 e. The van der Waals surface area contributed by atoms with E-state index in [-0.39, 0.29) is 24.2 Å². The van der Waals surface area contributed by atoms with Gasteiger partial charge in [0.2, 0.25) is 11.8 Å². The number of nitriles is 1. The Kier molecular flexibility index (Phi) is 6.46. The standard InChI is InChI=1S/C23H22FN5O2/c1-14(2)20-21(26)28-23(30)29(13-17-6-8-27-19(24)12-17)22(20)31-18-10-15(3)9-16(11-18)5-4-7-25/h4-6,8-12,14H,13H2,1-3H3,(H2,26,28,30). The molecule has 0 amide bonds. The van der Waals surface area contributed by atoms with Crippen molar-refractivity contribution in [2.24, 2.45) is 0 Å². The first kappa shape index (κ1) is 21.7. The number of hydrogen-bond donors (Lipinski definition) is 1. The van der Waals surface area contributed by atoms with Crippen LogP contribution in [-0.4, -0.2) is 14.5 Å². The van der Waals surface area contributed by atoms with Crippen LogP contribution in [0.25, 0.3) is 6.08 Å². The van der Waals surface area contributed by atoms with Gasteiger partial charge in [-0.05, 0) is 59.9 Å². The fourth-order valence-corrected chi connectivity index (χ4v) is 3.26. The van der Waals surface area contributed by atoms with Gasteiger partial charge in [-0.3, -0.25) is 4.57 Å². The lowest BCUT2D eigenvalue weighted by atomic mass is 10.0. The third-order valence-corrected chi connectivity index (χ3v) is 4.55. The van der Waals surface area contributed by atoms with Crippen LogP contribution in [0.3, 0.4) is 0 Å². The molecule has 1 aromatic carbocycles.